The molecule has 0 aliphatic carbocycles. The molecular formula is C15H21NO3. The Hall–Kier alpha value is -1.84. The van der Waals surface area contributed by atoms with Crippen molar-refractivity contribution in [2.24, 2.45) is 5.92 Å². The minimum atomic E-state index is -0.863. The highest BCUT2D eigenvalue weighted by Crippen LogP contribution is 2.22. The number of hydrogen-bond donors (Lipinski definition) is 2. The third-order valence-electron chi connectivity index (χ3n) is 3.30. The highest BCUT2D eigenvalue weighted by Gasteiger charge is 2.18. The van der Waals surface area contributed by atoms with Gasteiger partial charge in [-0.05, 0) is 37.8 Å². The highest BCUT2D eigenvalue weighted by molar-refractivity contribution is 5.94. The van der Waals surface area contributed by atoms with E-state index in [-0.39, 0.29) is 18.2 Å². The lowest BCUT2D eigenvalue weighted by Crippen LogP contribution is -2.24. The summed E-state index contributed by atoms with van der Waals surface area (Å²) >= 11 is 0. The maximum atomic E-state index is 12.2. The first-order chi connectivity index (χ1) is 8.95. The average Bonchev–Trinajstić information content (AvgIpc) is 2.34. The molecule has 1 aromatic carbocycles. The predicted molar refractivity (Wildman–Crippen MR) is 75.2 cm³/mol. The number of aliphatic carboxylic acids is 1. The summed E-state index contributed by atoms with van der Waals surface area (Å²) in [5, 5.41) is 11.6. The Balaban J connectivity index is 2.74. The lowest BCUT2D eigenvalue weighted by molar-refractivity contribution is -0.137. The lowest BCUT2D eigenvalue weighted by atomic mass is 9.98. The molecule has 0 aliphatic heterocycles. The molecule has 19 heavy (non-hydrogen) atoms. The van der Waals surface area contributed by atoms with Crippen LogP contribution in [-0.2, 0) is 9.59 Å². The summed E-state index contributed by atoms with van der Waals surface area (Å²) < 4.78 is 0. The van der Waals surface area contributed by atoms with E-state index in [0.29, 0.717) is 12.8 Å². The van der Waals surface area contributed by atoms with Crippen molar-refractivity contribution in [2.45, 2.75) is 40.0 Å². The molecule has 1 amide bonds. The molecule has 1 aromatic rings. The van der Waals surface area contributed by atoms with Crippen LogP contribution < -0.4 is 5.32 Å². The van der Waals surface area contributed by atoms with E-state index in [2.05, 4.69) is 5.32 Å². The number of amides is 1. The number of aryl methyl sites for hydroxylation is 2. The van der Waals surface area contributed by atoms with Crippen molar-refractivity contribution < 1.29 is 14.7 Å². The topological polar surface area (TPSA) is 66.4 Å². The molecule has 0 aromatic heterocycles. The average molecular weight is 263 g/mol. The van der Waals surface area contributed by atoms with Crippen LogP contribution in [0.15, 0.2) is 18.2 Å². The number of nitrogens with one attached hydrogen (secondary N) is 1. The third-order valence-corrected chi connectivity index (χ3v) is 3.30. The van der Waals surface area contributed by atoms with Gasteiger partial charge in [0.15, 0.2) is 0 Å². The molecule has 0 aliphatic rings. The molecule has 0 radical (unpaired) electrons. The van der Waals surface area contributed by atoms with E-state index < -0.39 is 5.97 Å². The van der Waals surface area contributed by atoms with Crippen LogP contribution in [0, 0.1) is 19.8 Å². The molecular weight excluding hydrogens is 242 g/mol. The molecule has 0 saturated heterocycles. The minimum absolute atomic E-state index is 0.0265. The van der Waals surface area contributed by atoms with Gasteiger partial charge in [-0.3, -0.25) is 9.59 Å². The second kappa shape index (κ2) is 6.92. The van der Waals surface area contributed by atoms with E-state index in [1.807, 2.05) is 39.0 Å². The van der Waals surface area contributed by atoms with Crippen molar-refractivity contribution >= 4 is 17.6 Å². The Morgan fingerprint density at radius 1 is 1.26 bits per heavy atom. The second-order valence-corrected chi connectivity index (χ2v) is 4.79. The number of carbonyl (C=O) groups is 2. The Kier molecular flexibility index (Phi) is 5.55. The van der Waals surface area contributed by atoms with Crippen molar-refractivity contribution in [1.82, 2.24) is 0 Å². The quantitative estimate of drug-likeness (QED) is 0.828. The first-order valence-electron chi connectivity index (χ1n) is 6.54. The molecule has 4 nitrogen and oxygen atoms in total. The van der Waals surface area contributed by atoms with E-state index in [1.165, 1.54) is 0 Å². The molecule has 0 bridgehead atoms. The number of carbonyl (C=O) groups excluding carboxylic acids is 1. The summed E-state index contributed by atoms with van der Waals surface area (Å²) in [7, 11) is 0. The molecule has 0 spiro atoms. The van der Waals surface area contributed by atoms with Crippen LogP contribution in [0.4, 0.5) is 5.69 Å². The van der Waals surface area contributed by atoms with Gasteiger partial charge in [-0.2, -0.15) is 0 Å². The second-order valence-electron chi connectivity index (χ2n) is 4.79. The summed E-state index contributed by atoms with van der Waals surface area (Å²) in [6.07, 6.45) is 1.05. The van der Waals surface area contributed by atoms with Gasteiger partial charge in [-0.15, -0.1) is 0 Å². The number of hydrogen-bond acceptors (Lipinski definition) is 2. The van der Waals surface area contributed by atoms with Gasteiger partial charge in [0, 0.05) is 18.0 Å². The Bertz CT molecular complexity index is 448. The number of carboxylic acid groups (broad SMARTS) is 1. The van der Waals surface area contributed by atoms with E-state index in [9.17, 15) is 9.59 Å². The van der Waals surface area contributed by atoms with Crippen molar-refractivity contribution in [2.75, 3.05) is 5.32 Å². The van der Waals surface area contributed by atoms with Crippen LogP contribution in [0.2, 0.25) is 0 Å². The van der Waals surface area contributed by atoms with Crippen LogP contribution in [0.3, 0.4) is 0 Å². The molecule has 0 saturated carbocycles. The van der Waals surface area contributed by atoms with E-state index in [4.69, 9.17) is 5.11 Å². The van der Waals surface area contributed by atoms with Crippen LogP contribution in [-0.4, -0.2) is 17.0 Å². The zero-order valence-electron chi connectivity index (χ0n) is 11.7. The molecule has 2 N–H and O–H groups in total. The van der Waals surface area contributed by atoms with Crippen LogP contribution in [0.5, 0.6) is 0 Å². The Morgan fingerprint density at radius 2 is 1.84 bits per heavy atom. The van der Waals surface area contributed by atoms with Crippen molar-refractivity contribution in [1.29, 1.82) is 0 Å². The van der Waals surface area contributed by atoms with Crippen LogP contribution in [0.1, 0.15) is 37.3 Å². The lowest BCUT2D eigenvalue weighted by Gasteiger charge is -2.16. The van der Waals surface area contributed by atoms with Gasteiger partial charge in [0.25, 0.3) is 0 Å². The maximum absolute atomic E-state index is 12.2. The van der Waals surface area contributed by atoms with Gasteiger partial charge in [-0.1, -0.05) is 25.1 Å². The standard InChI is InChI=1S/C15H21NO3/c1-4-12(8-9-13(17)18)15(19)16-14-10(2)6-5-7-11(14)3/h5-7,12H,4,8-9H2,1-3H3,(H,16,19)(H,17,18). The predicted octanol–water partition coefficient (Wildman–Crippen LogP) is 3.13. The smallest absolute Gasteiger partial charge is 0.303 e. The highest BCUT2D eigenvalue weighted by atomic mass is 16.4. The summed E-state index contributed by atoms with van der Waals surface area (Å²) in [6.45, 7) is 5.79. The molecule has 1 unspecified atom stereocenters. The summed E-state index contributed by atoms with van der Waals surface area (Å²) in [5.41, 5.74) is 2.86. The number of benzene rings is 1. The number of anilines is 1. The van der Waals surface area contributed by atoms with Gasteiger partial charge in [0.1, 0.15) is 0 Å². The number of carboxylic acids is 1. The fraction of sp³-hybridized carbons (Fsp3) is 0.467. The van der Waals surface area contributed by atoms with Gasteiger partial charge in [-0.25, -0.2) is 0 Å². The largest absolute Gasteiger partial charge is 0.481 e. The summed E-state index contributed by atoms with van der Waals surface area (Å²) in [6, 6.07) is 5.84. The van der Waals surface area contributed by atoms with Crippen molar-refractivity contribution in [3.8, 4) is 0 Å². The molecule has 4 heteroatoms. The maximum Gasteiger partial charge on any atom is 0.303 e. The van der Waals surface area contributed by atoms with Crippen molar-refractivity contribution in [3.05, 3.63) is 29.3 Å². The van der Waals surface area contributed by atoms with Crippen LogP contribution in [0.25, 0.3) is 0 Å². The Labute approximate surface area is 113 Å². The normalized spacial score (nSPS) is 11.9. The first kappa shape index (κ1) is 15.2. The zero-order valence-corrected chi connectivity index (χ0v) is 11.7. The van der Waals surface area contributed by atoms with E-state index in [1.54, 1.807) is 0 Å². The van der Waals surface area contributed by atoms with Crippen LogP contribution >= 0.6 is 0 Å². The van der Waals surface area contributed by atoms with Gasteiger partial charge in [0.05, 0.1) is 0 Å². The molecule has 1 atom stereocenters. The van der Waals surface area contributed by atoms with E-state index in [0.717, 1.165) is 16.8 Å². The molecule has 0 fully saturated rings. The minimum Gasteiger partial charge on any atom is -0.481 e. The summed E-state index contributed by atoms with van der Waals surface area (Å²) in [5.74, 6) is -1.21. The molecule has 0 heterocycles. The summed E-state index contributed by atoms with van der Waals surface area (Å²) in [4.78, 5) is 22.7. The first-order valence-corrected chi connectivity index (χ1v) is 6.54. The number of rotatable bonds is 6. The van der Waals surface area contributed by atoms with Gasteiger partial charge in [0.2, 0.25) is 5.91 Å². The zero-order chi connectivity index (χ0) is 14.4. The SMILES string of the molecule is CCC(CCC(=O)O)C(=O)Nc1c(C)cccc1C. The third kappa shape index (κ3) is 4.39. The fourth-order valence-corrected chi connectivity index (χ4v) is 2.06. The van der Waals surface area contributed by atoms with Crippen molar-refractivity contribution in [3.63, 3.8) is 0 Å². The van der Waals surface area contributed by atoms with Gasteiger partial charge >= 0.3 is 5.97 Å². The fourth-order valence-electron chi connectivity index (χ4n) is 2.06. The molecule has 104 valence electrons. The molecule has 1 rings (SSSR count). The number of para-hydroxylation sites is 1. The van der Waals surface area contributed by atoms with Gasteiger partial charge < -0.3 is 10.4 Å². The van der Waals surface area contributed by atoms with E-state index >= 15 is 0 Å². The Morgan fingerprint density at radius 3 is 2.32 bits per heavy atom. The monoisotopic (exact) mass is 263 g/mol.